The van der Waals surface area contributed by atoms with Crippen LogP contribution in [0.5, 0.6) is 11.5 Å². The highest BCUT2D eigenvalue weighted by Crippen LogP contribution is 2.33. The zero-order valence-electron chi connectivity index (χ0n) is 14.3. The number of hydrogen-bond donors (Lipinski definition) is 2. The highest BCUT2D eigenvalue weighted by Gasteiger charge is 2.17. The molecule has 2 aromatic rings. The lowest BCUT2D eigenvalue weighted by Crippen LogP contribution is -2.35. The van der Waals surface area contributed by atoms with Crippen LogP contribution in [0.1, 0.15) is 15.9 Å². The Labute approximate surface area is 161 Å². The van der Waals surface area contributed by atoms with Gasteiger partial charge in [-0.1, -0.05) is 35.9 Å². The summed E-state index contributed by atoms with van der Waals surface area (Å²) in [5.41, 5.74) is 1.01. The third kappa shape index (κ3) is 4.48. The van der Waals surface area contributed by atoms with E-state index in [-0.39, 0.29) is 24.6 Å². The maximum atomic E-state index is 12.6. The molecule has 0 radical (unpaired) electrons. The molecular formula is C20H17ClN2O4. The van der Waals surface area contributed by atoms with Crippen molar-refractivity contribution >= 4 is 29.5 Å². The molecule has 0 aliphatic carbocycles. The third-order valence-electron chi connectivity index (χ3n) is 3.73. The van der Waals surface area contributed by atoms with Gasteiger partial charge in [0.05, 0.1) is 10.6 Å². The maximum absolute atomic E-state index is 12.6. The van der Waals surface area contributed by atoms with Gasteiger partial charge in [0.25, 0.3) is 11.8 Å². The lowest BCUT2D eigenvalue weighted by Gasteiger charge is -2.11. The molecule has 0 saturated heterocycles. The lowest BCUT2D eigenvalue weighted by atomic mass is 10.1. The average molecular weight is 385 g/mol. The van der Waals surface area contributed by atoms with E-state index in [2.05, 4.69) is 17.2 Å². The minimum absolute atomic E-state index is 0.0700. The summed E-state index contributed by atoms with van der Waals surface area (Å²) in [5, 5.41) is 5.56. The Hall–Kier alpha value is -3.25. The van der Waals surface area contributed by atoms with E-state index in [1.54, 1.807) is 54.6 Å². The molecule has 6 nitrogen and oxygen atoms in total. The highest BCUT2D eigenvalue weighted by molar-refractivity contribution is 6.34. The molecule has 0 atom stereocenters. The van der Waals surface area contributed by atoms with Gasteiger partial charge in [-0.25, -0.2) is 0 Å². The van der Waals surface area contributed by atoms with Crippen molar-refractivity contribution in [2.45, 2.75) is 0 Å². The molecule has 7 heteroatoms. The van der Waals surface area contributed by atoms with Crippen LogP contribution in [-0.4, -0.2) is 25.2 Å². The Morgan fingerprint density at radius 2 is 1.93 bits per heavy atom. The van der Waals surface area contributed by atoms with Crippen LogP contribution < -0.4 is 20.1 Å². The number of benzene rings is 2. The van der Waals surface area contributed by atoms with Crippen molar-refractivity contribution in [1.82, 2.24) is 10.6 Å². The zero-order valence-corrected chi connectivity index (χ0v) is 15.1. The van der Waals surface area contributed by atoms with Gasteiger partial charge in [0.1, 0.15) is 5.70 Å². The molecule has 1 heterocycles. The van der Waals surface area contributed by atoms with E-state index in [1.807, 2.05) is 0 Å². The van der Waals surface area contributed by atoms with Crippen LogP contribution in [0.15, 0.2) is 60.8 Å². The fourth-order valence-electron chi connectivity index (χ4n) is 2.42. The van der Waals surface area contributed by atoms with Crippen molar-refractivity contribution in [3.8, 4) is 11.5 Å². The molecule has 2 N–H and O–H groups in total. The Bertz CT molecular complexity index is 924. The molecule has 0 spiro atoms. The van der Waals surface area contributed by atoms with Gasteiger partial charge in [-0.2, -0.15) is 0 Å². The van der Waals surface area contributed by atoms with Crippen molar-refractivity contribution in [3.63, 3.8) is 0 Å². The van der Waals surface area contributed by atoms with Crippen LogP contribution in [0.3, 0.4) is 0 Å². The minimum atomic E-state index is -0.485. The SMILES string of the molecule is C=CCNC(=O)/C(=C\c1ccc2c(c1)OCO2)NC(=O)c1ccccc1Cl. The van der Waals surface area contributed by atoms with Crippen molar-refractivity contribution in [3.05, 3.63) is 77.0 Å². The van der Waals surface area contributed by atoms with Crippen LogP contribution in [-0.2, 0) is 4.79 Å². The third-order valence-corrected chi connectivity index (χ3v) is 4.06. The Kier molecular flexibility index (Phi) is 5.78. The number of halogens is 1. The van der Waals surface area contributed by atoms with E-state index in [0.717, 1.165) is 0 Å². The molecular weight excluding hydrogens is 368 g/mol. The normalized spacial score (nSPS) is 12.4. The summed E-state index contributed by atoms with van der Waals surface area (Å²) in [6.45, 7) is 3.98. The largest absolute Gasteiger partial charge is 0.454 e. The monoisotopic (exact) mass is 384 g/mol. The van der Waals surface area contributed by atoms with Gasteiger partial charge in [-0.15, -0.1) is 6.58 Å². The second kappa shape index (κ2) is 8.42. The van der Waals surface area contributed by atoms with E-state index in [9.17, 15) is 9.59 Å². The standard InChI is InChI=1S/C20H17ClN2O4/c1-2-9-22-20(25)16(23-19(24)14-5-3-4-6-15(14)21)10-13-7-8-17-18(11-13)27-12-26-17/h2-8,10-11H,1,9,12H2,(H,22,25)(H,23,24)/b16-10+. The van der Waals surface area contributed by atoms with Crippen molar-refractivity contribution in [2.75, 3.05) is 13.3 Å². The van der Waals surface area contributed by atoms with Gasteiger partial charge in [0.2, 0.25) is 6.79 Å². The summed E-state index contributed by atoms with van der Waals surface area (Å²) in [6, 6.07) is 11.8. The average Bonchev–Trinajstić information content (AvgIpc) is 3.13. The lowest BCUT2D eigenvalue weighted by molar-refractivity contribution is -0.117. The van der Waals surface area contributed by atoms with E-state index in [0.29, 0.717) is 22.1 Å². The Balaban J connectivity index is 1.88. The number of nitrogens with one attached hydrogen (secondary N) is 2. The number of carbonyl (C=O) groups excluding carboxylic acids is 2. The van der Waals surface area contributed by atoms with Crippen LogP contribution in [0.4, 0.5) is 0 Å². The van der Waals surface area contributed by atoms with Crippen LogP contribution in [0.2, 0.25) is 5.02 Å². The zero-order chi connectivity index (χ0) is 19.2. The molecule has 2 aromatic carbocycles. The summed E-state index contributed by atoms with van der Waals surface area (Å²) in [6.07, 6.45) is 3.10. The molecule has 27 heavy (non-hydrogen) atoms. The quantitative estimate of drug-likeness (QED) is 0.592. The van der Waals surface area contributed by atoms with Gasteiger partial charge in [-0.3, -0.25) is 9.59 Å². The van der Waals surface area contributed by atoms with E-state index in [1.165, 1.54) is 0 Å². The Morgan fingerprint density at radius 1 is 1.15 bits per heavy atom. The summed E-state index contributed by atoms with van der Waals surface area (Å²) in [7, 11) is 0. The second-order valence-electron chi connectivity index (χ2n) is 5.60. The van der Waals surface area contributed by atoms with Crippen LogP contribution in [0.25, 0.3) is 6.08 Å². The number of amides is 2. The molecule has 0 aromatic heterocycles. The van der Waals surface area contributed by atoms with E-state index < -0.39 is 11.8 Å². The van der Waals surface area contributed by atoms with Crippen molar-refractivity contribution in [1.29, 1.82) is 0 Å². The smallest absolute Gasteiger partial charge is 0.268 e. The molecule has 1 aliphatic heterocycles. The predicted octanol–water partition coefficient (Wildman–Crippen LogP) is 3.14. The summed E-state index contributed by atoms with van der Waals surface area (Å²) >= 11 is 6.07. The van der Waals surface area contributed by atoms with E-state index >= 15 is 0 Å². The Morgan fingerprint density at radius 3 is 2.70 bits per heavy atom. The number of carbonyl (C=O) groups is 2. The van der Waals surface area contributed by atoms with E-state index in [4.69, 9.17) is 21.1 Å². The first-order valence-corrected chi connectivity index (χ1v) is 8.52. The molecule has 0 unspecified atom stereocenters. The van der Waals surface area contributed by atoms with Gasteiger partial charge in [0.15, 0.2) is 11.5 Å². The molecule has 0 fully saturated rings. The molecule has 0 bridgehead atoms. The first-order valence-electron chi connectivity index (χ1n) is 8.15. The summed E-state index contributed by atoms with van der Waals surface area (Å²) in [5.74, 6) is 0.270. The van der Waals surface area contributed by atoms with Crippen molar-refractivity contribution < 1.29 is 19.1 Å². The van der Waals surface area contributed by atoms with Crippen LogP contribution in [0, 0.1) is 0 Å². The fourth-order valence-corrected chi connectivity index (χ4v) is 2.64. The second-order valence-corrected chi connectivity index (χ2v) is 6.01. The molecule has 0 saturated carbocycles. The van der Waals surface area contributed by atoms with Crippen molar-refractivity contribution in [2.24, 2.45) is 0 Å². The number of ether oxygens (including phenoxy) is 2. The van der Waals surface area contributed by atoms with Gasteiger partial charge >= 0.3 is 0 Å². The number of fused-ring (bicyclic) bond motifs is 1. The first kappa shape index (κ1) is 18.5. The van der Waals surface area contributed by atoms with Gasteiger partial charge < -0.3 is 20.1 Å². The predicted molar refractivity (Wildman–Crippen MR) is 103 cm³/mol. The molecule has 138 valence electrons. The summed E-state index contributed by atoms with van der Waals surface area (Å²) < 4.78 is 10.6. The topological polar surface area (TPSA) is 76.7 Å². The van der Waals surface area contributed by atoms with Gasteiger partial charge in [-0.05, 0) is 35.9 Å². The molecule has 2 amide bonds. The highest BCUT2D eigenvalue weighted by atomic mass is 35.5. The van der Waals surface area contributed by atoms with Gasteiger partial charge in [0, 0.05) is 6.54 Å². The molecule has 1 aliphatic rings. The fraction of sp³-hybridized carbons (Fsp3) is 0.100. The molecule has 3 rings (SSSR count). The van der Waals surface area contributed by atoms with Crippen LogP contribution >= 0.6 is 11.6 Å². The number of hydrogen-bond acceptors (Lipinski definition) is 4. The summed E-state index contributed by atoms with van der Waals surface area (Å²) in [4.78, 5) is 25.0. The number of rotatable bonds is 6. The maximum Gasteiger partial charge on any atom is 0.268 e. The first-order chi connectivity index (χ1) is 13.1. The minimum Gasteiger partial charge on any atom is -0.454 e.